The second-order valence-electron chi connectivity index (χ2n) is 3.65. The third-order valence-electron chi connectivity index (χ3n) is 2.53. The number of aromatic amines is 1. The second-order valence-corrected chi connectivity index (χ2v) is 5.00. The molecule has 0 saturated heterocycles. The van der Waals surface area contributed by atoms with E-state index in [1.54, 1.807) is 29.1 Å². The number of nitrogens with zero attached hydrogens (tertiary/aromatic N) is 2. The zero-order chi connectivity index (χ0) is 11.8. The lowest BCUT2D eigenvalue weighted by molar-refractivity contribution is 0.628. The SMILES string of the molecule is Fc1ccc2[nH]c(=S)n(Cc3cncs3)c2c1. The van der Waals surface area contributed by atoms with Gasteiger partial charge in [-0.2, -0.15) is 0 Å². The monoisotopic (exact) mass is 265 g/mol. The number of thiazole rings is 1. The van der Waals surface area contributed by atoms with Gasteiger partial charge in [0.2, 0.25) is 0 Å². The Morgan fingerprint density at radius 1 is 1.47 bits per heavy atom. The van der Waals surface area contributed by atoms with Crippen molar-refractivity contribution in [1.29, 1.82) is 0 Å². The summed E-state index contributed by atoms with van der Waals surface area (Å²) in [6, 6.07) is 4.61. The smallest absolute Gasteiger partial charge is 0.178 e. The van der Waals surface area contributed by atoms with Crippen LogP contribution in [0.1, 0.15) is 4.88 Å². The van der Waals surface area contributed by atoms with Crippen molar-refractivity contribution in [2.24, 2.45) is 0 Å². The van der Waals surface area contributed by atoms with E-state index in [-0.39, 0.29) is 5.82 Å². The van der Waals surface area contributed by atoms with Gasteiger partial charge in [0.05, 0.1) is 23.1 Å². The van der Waals surface area contributed by atoms with Crippen LogP contribution in [0.2, 0.25) is 0 Å². The maximum Gasteiger partial charge on any atom is 0.178 e. The van der Waals surface area contributed by atoms with Crippen molar-refractivity contribution in [3.05, 3.63) is 45.4 Å². The summed E-state index contributed by atoms with van der Waals surface area (Å²) in [6.07, 6.45) is 1.80. The van der Waals surface area contributed by atoms with Gasteiger partial charge in [-0.3, -0.25) is 4.98 Å². The fraction of sp³-hybridized carbons (Fsp3) is 0.0909. The Bertz CT molecular complexity index is 712. The van der Waals surface area contributed by atoms with Crippen LogP contribution in [0.25, 0.3) is 11.0 Å². The Morgan fingerprint density at radius 2 is 2.35 bits per heavy atom. The number of halogens is 1. The van der Waals surface area contributed by atoms with Gasteiger partial charge in [-0.25, -0.2) is 4.39 Å². The lowest BCUT2D eigenvalue weighted by Gasteiger charge is -2.01. The van der Waals surface area contributed by atoms with E-state index in [4.69, 9.17) is 12.2 Å². The molecule has 3 nitrogen and oxygen atoms in total. The molecule has 3 rings (SSSR count). The highest BCUT2D eigenvalue weighted by Crippen LogP contribution is 2.18. The van der Waals surface area contributed by atoms with Crippen molar-refractivity contribution in [2.75, 3.05) is 0 Å². The highest BCUT2D eigenvalue weighted by Gasteiger charge is 2.06. The van der Waals surface area contributed by atoms with E-state index >= 15 is 0 Å². The third-order valence-corrected chi connectivity index (χ3v) is 3.62. The molecule has 0 radical (unpaired) electrons. The van der Waals surface area contributed by atoms with Crippen molar-refractivity contribution < 1.29 is 4.39 Å². The lowest BCUT2D eigenvalue weighted by Crippen LogP contribution is -1.97. The third kappa shape index (κ3) is 1.89. The van der Waals surface area contributed by atoms with Crippen LogP contribution in [0.5, 0.6) is 0 Å². The molecule has 6 heteroatoms. The molecule has 0 unspecified atom stereocenters. The molecule has 0 aliphatic heterocycles. The molecular weight excluding hydrogens is 257 g/mol. The highest BCUT2D eigenvalue weighted by molar-refractivity contribution is 7.71. The molecule has 0 saturated carbocycles. The number of rotatable bonds is 2. The standard InChI is InChI=1S/C11H8FN3S2/c12-7-1-2-9-10(3-7)15(11(16)14-9)5-8-4-13-6-17-8/h1-4,6H,5H2,(H,14,16). The number of benzene rings is 1. The normalized spacial score (nSPS) is 11.1. The first kappa shape index (κ1) is 10.6. The number of hydrogen-bond donors (Lipinski definition) is 1. The molecule has 86 valence electrons. The number of hydrogen-bond acceptors (Lipinski definition) is 3. The van der Waals surface area contributed by atoms with E-state index in [2.05, 4.69) is 9.97 Å². The topological polar surface area (TPSA) is 33.6 Å². The Labute approximate surface area is 106 Å². The first-order valence-electron chi connectivity index (χ1n) is 4.99. The summed E-state index contributed by atoms with van der Waals surface area (Å²) in [7, 11) is 0. The minimum Gasteiger partial charge on any atom is -0.331 e. The largest absolute Gasteiger partial charge is 0.331 e. The van der Waals surface area contributed by atoms with Crippen LogP contribution in [-0.4, -0.2) is 14.5 Å². The minimum absolute atomic E-state index is 0.260. The van der Waals surface area contributed by atoms with E-state index in [1.165, 1.54) is 12.1 Å². The van der Waals surface area contributed by atoms with Crippen LogP contribution in [0.4, 0.5) is 4.39 Å². The lowest BCUT2D eigenvalue weighted by atomic mass is 10.3. The summed E-state index contributed by atoms with van der Waals surface area (Å²) < 4.78 is 15.7. The number of imidazole rings is 1. The molecule has 0 aliphatic rings. The summed E-state index contributed by atoms with van der Waals surface area (Å²) in [5.74, 6) is -0.260. The molecule has 3 aromatic rings. The van der Waals surface area contributed by atoms with Gasteiger partial charge in [0.1, 0.15) is 5.82 Å². The average Bonchev–Trinajstić information content (AvgIpc) is 2.90. The first-order chi connectivity index (χ1) is 8.24. The predicted molar refractivity (Wildman–Crippen MR) is 68.3 cm³/mol. The molecule has 0 atom stereocenters. The fourth-order valence-electron chi connectivity index (χ4n) is 1.76. The van der Waals surface area contributed by atoms with Crippen LogP contribution >= 0.6 is 23.6 Å². The van der Waals surface area contributed by atoms with Crippen LogP contribution in [0.3, 0.4) is 0 Å². The maximum absolute atomic E-state index is 13.2. The van der Waals surface area contributed by atoms with Crippen molar-refractivity contribution in [3.8, 4) is 0 Å². The highest BCUT2D eigenvalue weighted by atomic mass is 32.1. The van der Waals surface area contributed by atoms with Crippen molar-refractivity contribution in [3.63, 3.8) is 0 Å². The van der Waals surface area contributed by atoms with E-state index in [0.717, 1.165) is 15.9 Å². The Balaban J connectivity index is 2.17. The number of fused-ring (bicyclic) bond motifs is 1. The van der Waals surface area contributed by atoms with Crippen LogP contribution in [0.15, 0.2) is 29.9 Å². The molecule has 0 fully saturated rings. The van der Waals surface area contributed by atoms with Crippen LogP contribution < -0.4 is 0 Å². The summed E-state index contributed by atoms with van der Waals surface area (Å²) in [5, 5.41) is 0. The summed E-state index contributed by atoms with van der Waals surface area (Å²) in [5.41, 5.74) is 3.40. The quantitative estimate of drug-likeness (QED) is 0.721. The predicted octanol–water partition coefficient (Wildman–Crippen LogP) is 3.34. The van der Waals surface area contributed by atoms with Gasteiger partial charge in [0, 0.05) is 11.1 Å². The van der Waals surface area contributed by atoms with Crippen LogP contribution in [0, 0.1) is 10.6 Å². The molecule has 0 aliphatic carbocycles. The first-order valence-corrected chi connectivity index (χ1v) is 6.28. The fourth-order valence-corrected chi connectivity index (χ4v) is 2.61. The average molecular weight is 265 g/mol. The molecule has 2 heterocycles. The zero-order valence-electron chi connectivity index (χ0n) is 8.68. The van der Waals surface area contributed by atoms with Gasteiger partial charge in [0.25, 0.3) is 0 Å². The second kappa shape index (κ2) is 4.05. The number of aromatic nitrogens is 3. The summed E-state index contributed by atoms with van der Waals surface area (Å²) >= 11 is 6.80. The zero-order valence-corrected chi connectivity index (χ0v) is 10.3. The van der Waals surface area contributed by atoms with E-state index in [9.17, 15) is 4.39 Å². The van der Waals surface area contributed by atoms with Crippen molar-refractivity contribution in [1.82, 2.24) is 14.5 Å². The Morgan fingerprint density at radius 3 is 3.12 bits per heavy atom. The van der Waals surface area contributed by atoms with Gasteiger partial charge in [-0.15, -0.1) is 11.3 Å². The van der Waals surface area contributed by atoms with Gasteiger partial charge in [-0.1, -0.05) is 0 Å². The minimum atomic E-state index is -0.260. The van der Waals surface area contributed by atoms with E-state index < -0.39 is 0 Å². The molecule has 0 bridgehead atoms. The molecule has 1 N–H and O–H groups in total. The number of nitrogens with one attached hydrogen (secondary N) is 1. The molecule has 1 aromatic carbocycles. The maximum atomic E-state index is 13.2. The van der Waals surface area contributed by atoms with Gasteiger partial charge in [0.15, 0.2) is 4.77 Å². The molecule has 0 spiro atoms. The summed E-state index contributed by atoms with van der Waals surface area (Å²) in [4.78, 5) is 8.17. The van der Waals surface area contributed by atoms with Gasteiger partial charge >= 0.3 is 0 Å². The Hall–Kier alpha value is -1.53. The van der Waals surface area contributed by atoms with Gasteiger partial charge in [-0.05, 0) is 30.4 Å². The van der Waals surface area contributed by atoms with E-state index in [0.29, 0.717) is 11.3 Å². The molecule has 0 amide bonds. The van der Waals surface area contributed by atoms with Gasteiger partial charge < -0.3 is 9.55 Å². The Kier molecular flexibility index (Phi) is 2.53. The van der Waals surface area contributed by atoms with E-state index in [1.807, 2.05) is 4.57 Å². The molecule has 2 aromatic heterocycles. The van der Waals surface area contributed by atoms with Crippen molar-refractivity contribution >= 4 is 34.6 Å². The molecular formula is C11H8FN3S2. The number of H-pyrrole nitrogens is 1. The van der Waals surface area contributed by atoms with Crippen molar-refractivity contribution in [2.45, 2.75) is 6.54 Å². The summed E-state index contributed by atoms with van der Waals surface area (Å²) in [6.45, 7) is 0.618. The molecule has 17 heavy (non-hydrogen) atoms. The van der Waals surface area contributed by atoms with Crippen LogP contribution in [-0.2, 0) is 6.54 Å².